The number of benzene rings is 2. The third kappa shape index (κ3) is 4.12. The summed E-state index contributed by atoms with van der Waals surface area (Å²) in [6.45, 7) is 2.76. The minimum Gasteiger partial charge on any atom is -0.449 e. The lowest BCUT2D eigenvalue weighted by Crippen LogP contribution is -2.06. The van der Waals surface area contributed by atoms with Gasteiger partial charge in [0.1, 0.15) is 0 Å². The molecule has 106 valence electrons. The van der Waals surface area contributed by atoms with Crippen LogP contribution in [0.25, 0.3) is 0 Å². The quantitative estimate of drug-likeness (QED) is 0.673. The van der Waals surface area contributed by atoms with Crippen molar-refractivity contribution in [3.63, 3.8) is 0 Å². The lowest BCUT2D eigenvalue weighted by molar-refractivity contribution is 0.0557. The van der Waals surface area contributed by atoms with Crippen LogP contribution in [-0.4, -0.2) is 12.6 Å². The summed E-state index contributed by atoms with van der Waals surface area (Å²) in [7, 11) is 0. The molecule has 2 rings (SSSR count). The van der Waals surface area contributed by atoms with Crippen LogP contribution in [0.1, 0.15) is 21.5 Å². The average molecular weight is 279 g/mol. The zero-order valence-corrected chi connectivity index (χ0v) is 11.9. The fourth-order valence-corrected chi connectivity index (χ4v) is 1.95. The van der Waals surface area contributed by atoms with Crippen LogP contribution < -0.4 is 5.32 Å². The third-order valence-electron chi connectivity index (χ3n) is 3.13. The zero-order chi connectivity index (χ0) is 15.1. The smallest absolute Gasteiger partial charge is 0.339 e. The Morgan fingerprint density at radius 1 is 1.24 bits per heavy atom. The van der Waals surface area contributed by atoms with Gasteiger partial charge in [0.25, 0.3) is 0 Å². The minimum atomic E-state index is -0.410. The Morgan fingerprint density at radius 3 is 2.81 bits per heavy atom. The van der Waals surface area contributed by atoms with Crippen molar-refractivity contribution in [3.05, 3.63) is 65.2 Å². The number of terminal acetylenes is 1. The van der Waals surface area contributed by atoms with E-state index < -0.39 is 5.97 Å². The van der Waals surface area contributed by atoms with Gasteiger partial charge in [0.15, 0.2) is 6.61 Å². The molecule has 3 nitrogen and oxygen atoms in total. The molecule has 0 fully saturated rings. The molecule has 0 unspecified atom stereocenters. The molecule has 0 aliphatic carbocycles. The van der Waals surface area contributed by atoms with Crippen molar-refractivity contribution >= 4 is 11.7 Å². The highest BCUT2D eigenvalue weighted by atomic mass is 16.5. The van der Waals surface area contributed by atoms with Crippen LogP contribution in [0.5, 0.6) is 0 Å². The van der Waals surface area contributed by atoms with Crippen molar-refractivity contribution in [2.24, 2.45) is 0 Å². The van der Waals surface area contributed by atoms with Crippen LogP contribution in [0.2, 0.25) is 0 Å². The fourth-order valence-electron chi connectivity index (χ4n) is 1.95. The lowest BCUT2D eigenvalue weighted by atomic mass is 10.1. The molecule has 2 aromatic carbocycles. The first kappa shape index (κ1) is 14.7. The SMILES string of the molecule is C#CCOC(=O)c1cccc(NCc2ccccc2C)c1. The van der Waals surface area contributed by atoms with Gasteiger partial charge in [-0.1, -0.05) is 36.3 Å². The van der Waals surface area contributed by atoms with Crippen molar-refractivity contribution in [3.8, 4) is 12.3 Å². The Labute approximate surface area is 125 Å². The van der Waals surface area contributed by atoms with E-state index in [0.29, 0.717) is 12.1 Å². The van der Waals surface area contributed by atoms with Gasteiger partial charge < -0.3 is 10.1 Å². The van der Waals surface area contributed by atoms with Gasteiger partial charge in [0.05, 0.1) is 5.56 Å². The highest BCUT2D eigenvalue weighted by Gasteiger charge is 2.07. The van der Waals surface area contributed by atoms with Gasteiger partial charge in [0.2, 0.25) is 0 Å². The second-order valence-corrected chi connectivity index (χ2v) is 4.64. The number of hydrogen-bond donors (Lipinski definition) is 1. The highest BCUT2D eigenvalue weighted by molar-refractivity contribution is 5.90. The summed E-state index contributed by atoms with van der Waals surface area (Å²) in [6, 6.07) is 15.4. The molecule has 0 atom stereocenters. The number of aryl methyl sites for hydroxylation is 1. The second kappa shape index (κ2) is 7.16. The molecule has 0 saturated carbocycles. The van der Waals surface area contributed by atoms with Gasteiger partial charge in [-0.15, -0.1) is 6.42 Å². The number of esters is 1. The summed E-state index contributed by atoms with van der Waals surface area (Å²) in [5, 5.41) is 3.31. The van der Waals surface area contributed by atoms with E-state index in [1.807, 2.05) is 24.3 Å². The van der Waals surface area contributed by atoms with Crippen LogP contribution in [0, 0.1) is 19.3 Å². The Balaban J connectivity index is 2.03. The van der Waals surface area contributed by atoms with Crippen molar-refractivity contribution in [1.82, 2.24) is 0 Å². The Hall–Kier alpha value is -2.73. The molecule has 21 heavy (non-hydrogen) atoms. The minimum absolute atomic E-state index is 0.0142. The monoisotopic (exact) mass is 279 g/mol. The number of ether oxygens (including phenoxy) is 1. The molecule has 2 aromatic rings. The zero-order valence-electron chi connectivity index (χ0n) is 11.9. The summed E-state index contributed by atoms with van der Waals surface area (Å²) < 4.78 is 4.91. The Bertz CT molecular complexity index is 671. The molecule has 0 radical (unpaired) electrons. The van der Waals surface area contributed by atoms with E-state index >= 15 is 0 Å². The molecule has 0 amide bonds. The number of rotatable bonds is 5. The van der Waals surface area contributed by atoms with E-state index in [9.17, 15) is 4.79 Å². The second-order valence-electron chi connectivity index (χ2n) is 4.64. The Morgan fingerprint density at radius 2 is 2.05 bits per heavy atom. The summed E-state index contributed by atoms with van der Waals surface area (Å²) in [6.07, 6.45) is 5.07. The third-order valence-corrected chi connectivity index (χ3v) is 3.13. The first-order valence-electron chi connectivity index (χ1n) is 6.69. The molecule has 0 aliphatic heterocycles. The van der Waals surface area contributed by atoms with Crippen LogP contribution in [-0.2, 0) is 11.3 Å². The number of hydrogen-bond acceptors (Lipinski definition) is 3. The molecule has 0 spiro atoms. The average Bonchev–Trinajstić information content (AvgIpc) is 2.52. The fraction of sp³-hybridized carbons (Fsp3) is 0.167. The van der Waals surface area contributed by atoms with Gasteiger partial charge in [0, 0.05) is 12.2 Å². The summed E-state index contributed by atoms with van der Waals surface area (Å²) in [5.41, 5.74) is 3.81. The van der Waals surface area contributed by atoms with Crippen LogP contribution in [0.4, 0.5) is 5.69 Å². The number of carbonyl (C=O) groups excluding carboxylic acids is 1. The van der Waals surface area contributed by atoms with E-state index in [-0.39, 0.29) is 6.61 Å². The van der Waals surface area contributed by atoms with Crippen molar-refractivity contribution in [1.29, 1.82) is 0 Å². The van der Waals surface area contributed by atoms with Gasteiger partial charge in [-0.05, 0) is 36.2 Å². The maximum Gasteiger partial charge on any atom is 0.339 e. The topological polar surface area (TPSA) is 38.3 Å². The summed E-state index contributed by atoms with van der Waals surface area (Å²) in [5.74, 6) is 1.87. The molecular formula is C18H17NO2. The molecule has 0 saturated heterocycles. The summed E-state index contributed by atoms with van der Waals surface area (Å²) >= 11 is 0. The van der Waals surface area contributed by atoms with Crippen molar-refractivity contribution in [2.75, 3.05) is 11.9 Å². The van der Waals surface area contributed by atoms with Crippen LogP contribution in [0.3, 0.4) is 0 Å². The molecule has 1 N–H and O–H groups in total. The first-order chi connectivity index (χ1) is 10.2. The van der Waals surface area contributed by atoms with Crippen molar-refractivity contribution in [2.45, 2.75) is 13.5 Å². The van der Waals surface area contributed by atoms with Crippen LogP contribution >= 0.6 is 0 Å². The van der Waals surface area contributed by atoms with E-state index in [2.05, 4.69) is 30.3 Å². The normalized spacial score (nSPS) is 9.71. The number of nitrogens with one attached hydrogen (secondary N) is 1. The van der Waals surface area contributed by atoms with Gasteiger partial charge in [-0.2, -0.15) is 0 Å². The predicted octanol–water partition coefficient (Wildman–Crippen LogP) is 3.40. The maximum atomic E-state index is 11.7. The van der Waals surface area contributed by atoms with E-state index in [1.165, 1.54) is 11.1 Å². The molecular weight excluding hydrogens is 262 g/mol. The van der Waals surface area contributed by atoms with Gasteiger partial charge >= 0.3 is 5.97 Å². The number of carbonyl (C=O) groups is 1. The molecule has 0 aliphatic rings. The van der Waals surface area contributed by atoms with E-state index in [0.717, 1.165) is 5.69 Å². The van der Waals surface area contributed by atoms with Gasteiger partial charge in [-0.3, -0.25) is 0 Å². The first-order valence-corrected chi connectivity index (χ1v) is 6.69. The summed E-state index contributed by atoms with van der Waals surface area (Å²) in [4.78, 5) is 11.7. The number of anilines is 1. The van der Waals surface area contributed by atoms with Crippen LogP contribution in [0.15, 0.2) is 48.5 Å². The molecule has 0 aromatic heterocycles. The predicted molar refractivity (Wildman–Crippen MR) is 84.1 cm³/mol. The van der Waals surface area contributed by atoms with E-state index in [1.54, 1.807) is 12.1 Å². The standard InChI is InChI=1S/C18H17NO2/c1-3-11-21-18(20)15-9-6-10-17(12-15)19-13-16-8-5-4-7-14(16)2/h1,4-10,12,19H,11,13H2,2H3. The van der Waals surface area contributed by atoms with Crippen molar-refractivity contribution < 1.29 is 9.53 Å². The largest absolute Gasteiger partial charge is 0.449 e. The lowest BCUT2D eigenvalue weighted by Gasteiger charge is -2.10. The van der Waals surface area contributed by atoms with Gasteiger partial charge in [-0.25, -0.2) is 4.79 Å². The molecule has 0 heterocycles. The molecule has 0 bridgehead atoms. The molecule has 3 heteroatoms. The highest BCUT2D eigenvalue weighted by Crippen LogP contribution is 2.14. The maximum absolute atomic E-state index is 11.7. The Kier molecular flexibility index (Phi) is 5.00. The van der Waals surface area contributed by atoms with E-state index in [4.69, 9.17) is 11.2 Å².